The second-order valence-electron chi connectivity index (χ2n) is 8.97. The summed E-state index contributed by atoms with van der Waals surface area (Å²) in [6, 6.07) is 0. The van der Waals surface area contributed by atoms with Crippen LogP contribution in [0, 0.1) is 22.2 Å². The van der Waals surface area contributed by atoms with E-state index < -0.39 is 0 Å². The Kier molecular flexibility index (Phi) is 3.73. The zero-order chi connectivity index (χ0) is 16.2. The first-order valence-corrected chi connectivity index (χ1v) is 9.13. The van der Waals surface area contributed by atoms with Gasteiger partial charge in [0.25, 0.3) is 0 Å². The van der Waals surface area contributed by atoms with E-state index in [0.29, 0.717) is 5.92 Å². The highest BCUT2D eigenvalue weighted by Gasteiger charge is 2.68. The molecule has 0 saturated heterocycles. The first-order chi connectivity index (χ1) is 10.2. The van der Waals surface area contributed by atoms with Gasteiger partial charge in [-0.2, -0.15) is 0 Å². The van der Waals surface area contributed by atoms with Gasteiger partial charge < -0.3 is 4.74 Å². The first-order valence-electron chi connectivity index (χ1n) is 9.13. The number of carbonyl (C=O) groups is 1. The van der Waals surface area contributed by atoms with Gasteiger partial charge in [0.15, 0.2) is 0 Å². The normalized spacial score (nSPS) is 40.6. The van der Waals surface area contributed by atoms with E-state index in [0.717, 1.165) is 24.8 Å². The fraction of sp³-hybridized carbons (Fsp3) is 0.850. The Labute approximate surface area is 135 Å². The lowest BCUT2D eigenvalue weighted by molar-refractivity contribution is -0.148. The molecule has 0 aromatic rings. The lowest BCUT2D eigenvalue weighted by atomic mass is 9.56. The molecule has 124 valence electrons. The Morgan fingerprint density at radius 3 is 2.18 bits per heavy atom. The van der Waals surface area contributed by atoms with Gasteiger partial charge in [0.05, 0.1) is 0 Å². The van der Waals surface area contributed by atoms with Crippen LogP contribution in [0.1, 0.15) is 79.1 Å². The summed E-state index contributed by atoms with van der Waals surface area (Å²) in [6.07, 6.45) is 9.43. The topological polar surface area (TPSA) is 26.3 Å². The molecule has 2 nitrogen and oxygen atoms in total. The van der Waals surface area contributed by atoms with Crippen molar-refractivity contribution in [3.05, 3.63) is 12.2 Å². The summed E-state index contributed by atoms with van der Waals surface area (Å²) in [7, 11) is 0. The predicted octanol–water partition coefficient (Wildman–Crippen LogP) is 5.27. The third-order valence-electron chi connectivity index (χ3n) is 8.05. The number of hydrogen-bond acceptors (Lipinski definition) is 2. The van der Waals surface area contributed by atoms with Crippen molar-refractivity contribution in [3.63, 3.8) is 0 Å². The number of rotatable bonds is 3. The van der Waals surface area contributed by atoms with Crippen LogP contribution in [0.25, 0.3) is 0 Å². The van der Waals surface area contributed by atoms with Crippen molar-refractivity contribution in [1.29, 1.82) is 0 Å². The standard InChI is InChI=1S/C20H32O2/c1-14(17(21)22-16-9-7-6-8-10-16)19(4)13-15-11-12-20(19,5)18(15,2)3/h15-16H,1,6-13H2,2-5H3/t15-,19?,20+/m1/s1. The summed E-state index contributed by atoms with van der Waals surface area (Å²) in [5.74, 6) is 0.584. The van der Waals surface area contributed by atoms with Crippen molar-refractivity contribution in [1.82, 2.24) is 0 Å². The highest BCUT2D eigenvalue weighted by molar-refractivity contribution is 5.89. The van der Waals surface area contributed by atoms with Crippen molar-refractivity contribution in [3.8, 4) is 0 Å². The quantitative estimate of drug-likeness (QED) is 0.524. The number of ether oxygens (including phenoxy) is 1. The lowest BCUT2D eigenvalue weighted by Gasteiger charge is -2.47. The molecule has 0 heterocycles. The lowest BCUT2D eigenvalue weighted by Crippen LogP contribution is -2.43. The number of carbonyl (C=O) groups excluding carboxylic acids is 1. The van der Waals surface area contributed by atoms with Crippen LogP contribution in [0.3, 0.4) is 0 Å². The SMILES string of the molecule is C=C(C(=O)OC1CCCCC1)C1(C)C[C@H]2CC[C@@]1(C)C2(C)C. The molecule has 3 saturated carbocycles. The van der Waals surface area contributed by atoms with Gasteiger partial charge in [0, 0.05) is 11.0 Å². The Balaban J connectivity index is 1.76. The molecule has 3 aliphatic carbocycles. The van der Waals surface area contributed by atoms with Gasteiger partial charge in [-0.1, -0.05) is 40.7 Å². The molecule has 3 fully saturated rings. The highest BCUT2D eigenvalue weighted by Crippen LogP contribution is 2.74. The van der Waals surface area contributed by atoms with Crippen LogP contribution >= 0.6 is 0 Å². The van der Waals surface area contributed by atoms with Crippen LogP contribution in [-0.4, -0.2) is 12.1 Å². The molecule has 0 aliphatic heterocycles. The summed E-state index contributed by atoms with van der Waals surface area (Å²) in [5.41, 5.74) is 1.07. The van der Waals surface area contributed by atoms with Crippen molar-refractivity contribution < 1.29 is 9.53 Å². The first kappa shape index (κ1) is 16.1. The number of hydrogen-bond donors (Lipinski definition) is 0. The summed E-state index contributed by atoms with van der Waals surface area (Å²) in [5, 5.41) is 0. The Bertz CT molecular complexity index is 486. The fourth-order valence-corrected chi connectivity index (χ4v) is 5.75. The second-order valence-corrected chi connectivity index (χ2v) is 8.97. The number of esters is 1. The van der Waals surface area contributed by atoms with E-state index in [2.05, 4.69) is 34.3 Å². The van der Waals surface area contributed by atoms with Gasteiger partial charge >= 0.3 is 5.97 Å². The maximum Gasteiger partial charge on any atom is 0.334 e. The van der Waals surface area contributed by atoms with E-state index in [9.17, 15) is 4.79 Å². The molecule has 3 atom stereocenters. The summed E-state index contributed by atoms with van der Waals surface area (Å²) >= 11 is 0. The second kappa shape index (κ2) is 5.11. The third kappa shape index (κ3) is 2.02. The summed E-state index contributed by atoms with van der Waals surface area (Å²) in [4.78, 5) is 12.7. The van der Waals surface area contributed by atoms with E-state index in [1.54, 1.807) is 0 Å². The molecule has 0 radical (unpaired) electrons. The maximum absolute atomic E-state index is 12.7. The molecular formula is C20H32O2. The Morgan fingerprint density at radius 1 is 1.05 bits per heavy atom. The molecule has 0 aromatic carbocycles. The van der Waals surface area contributed by atoms with Gasteiger partial charge in [-0.25, -0.2) is 4.79 Å². The predicted molar refractivity (Wildman–Crippen MR) is 89.4 cm³/mol. The van der Waals surface area contributed by atoms with Crippen LogP contribution in [0.2, 0.25) is 0 Å². The Hall–Kier alpha value is -0.790. The zero-order valence-corrected chi connectivity index (χ0v) is 14.8. The molecule has 0 aromatic heterocycles. The smallest absolute Gasteiger partial charge is 0.334 e. The molecule has 2 heteroatoms. The minimum absolute atomic E-state index is 0.106. The van der Waals surface area contributed by atoms with Crippen molar-refractivity contribution in [2.75, 3.05) is 0 Å². The van der Waals surface area contributed by atoms with Crippen LogP contribution < -0.4 is 0 Å². The van der Waals surface area contributed by atoms with Crippen LogP contribution in [0.5, 0.6) is 0 Å². The average Bonchev–Trinajstić information content (AvgIpc) is 2.79. The third-order valence-corrected chi connectivity index (χ3v) is 8.05. The van der Waals surface area contributed by atoms with Gasteiger partial charge in [-0.3, -0.25) is 0 Å². The van der Waals surface area contributed by atoms with Crippen molar-refractivity contribution in [2.45, 2.75) is 85.2 Å². The van der Waals surface area contributed by atoms with E-state index in [-0.39, 0.29) is 28.3 Å². The monoisotopic (exact) mass is 304 g/mol. The van der Waals surface area contributed by atoms with Crippen LogP contribution in [-0.2, 0) is 9.53 Å². The molecular weight excluding hydrogens is 272 g/mol. The van der Waals surface area contributed by atoms with Crippen molar-refractivity contribution in [2.24, 2.45) is 22.2 Å². The largest absolute Gasteiger partial charge is 0.459 e. The summed E-state index contributed by atoms with van der Waals surface area (Å²) in [6.45, 7) is 13.6. The molecule has 3 rings (SSSR count). The summed E-state index contributed by atoms with van der Waals surface area (Å²) < 4.78 is 5.81. The fourth-order valence-electron chi connectivity index (χ4n) is 5.75. The van der Waals surface area contributed by atoms with E-state index in [4.69, 9.17) is 4.74 Å². The van der Waals surface area contributed by atoms with Gasteiger partial charge in [-0.15, -0.1) is 0 Å². The average molecular weight is 304 g/mol. The van der Waals surface area contributed by atoms with Crippen LogP contribution in [0.15, 0.2) is 12.2 Å². The molecule has 0 N–H and O–H groups in total. The molecule has 22 heavy (non-hydrogen) atoms. The van der Waals surface area contributed by atoms with Gasteiger partial charge in [0.1, 0.15) is 6.10 Å². The minimum Gasteiger partial charge on any atom is -0.459 e. The van der Waals surface area contributed by atoms with E-state index in [1.165, 1.54) is 32.1 Å². The van der Waals surface area contributed by atoms with E-state index in [1.807, 2.05) is 0 Å². The van der Waals surface area contributed by atoms with Gasteiger partial charge in [0.2, 0.25) is 0 Å². The Morgan fingerprint density at radius 2 is 1.68 bits per heavy atom. The molecule has 3 aliphatic rings. The zero-order valence-electron chi connectivity index (χ0n) is 14.8. The van der Waals surface area contributed by atoms with Crippen LogP contribution in [0.4, 0.5) is 0 Å². The van der Waals surface area contributed by atoms with E-state index >= 15 is 0 Å². The molecule has 0 amide bonds. The maximum atomic E-state index is 12.7. The highest BCUT2D eigenvalue weighted by atomic mass is 16.5. The number of fused-ring (bicyclic) bond motifs is 2. The molecule has 1 unspecified atom stereocenters. The van der Waals surface area contributed by atoms with Gasteiger partial charge in [-0.05, 0) is 61.7 Å². The molecule has 0 spiro atoms. The molecule has 2 bridgehead atoms. The van der Waals surface area contributed by atoms with Crippen molar-refractivity contribution >= 4 is 5.97 Å². The minimum atomic E-state index is -0.126.